The minimum absolute atomic E-state index is 0.0890. The lowest BCUT2D eigenvalue weighted by atomic mass is 10.0. The molecule has 5 N–H and O–H groups in total. The monoisotopic (exact) mass is 237 g/mol. The number of nitrogens with zero attached hydrogens (tertiary/aromatic N) is 2. The highest BCUT2D eigenvalue weighted by Crippen LogP contribution is 2.03. The molecule has 7 nitrogen and oxygen atoms in total. The molecule has 0 aliphatic rings. The van der Waals surface area contributed by atoms with Gasteiger partial charge in [0, 0.05) is 0 Å². The van der Waals surface area contributed by atoms with E-state index in [0.29, 0.717) is 0 Å². The summed E-state index contributed by atoms with van der Waals surface area (Å²) in [6, 6.07) is -0.734. The van der Waals surface area contributed by atoms with Crippen molar-refractivity contribution in [3.05, 3.63) is 18.1 Å². The van der Waals surface area contributed by atoms with Gasteiger partial charge in [-0.3, -0.25) is 9.59 Å². The Morgan fingerprint density at radius 1 is 1.29 bits per heavy atom. The molecule has 92 valence electrons. The minimum atomic E-state index is -0.734. The Balaban J connectivity index is 2.77. The normalized spacial score (nSPS) is 12.2. The standard InChI is InChI=1S/C10H15N5O2/c1-5(2)8(9(12)16)15-10(17)6-3-14-7(11)4-13-6/h3-5,8H,1-2H3,(H2,11,14)(H2,12,16)(H,15,17). The molecule has 1 rings (SSSR count). The largest absolute Gasteiger partial charge is 0.382 e. The van der Waals surface area contributed by atoms with Crippen molar-refractivity contribution in [2.75, 3.05) is 5.73 Å². The maximum Gasteiger partial charge on any atom is 0.272 e. The number of hydrogen-bond donors (Lipinski definition) is 3. The third-order valence-electron chi connectivity index (χ3n) is 2.16. The number of amides is 2. The number of rotatable bonds is 4. The SMILES string of the molecule is CC(C)C(NC(=O)c1cnc(N)cn1)C(N)=O. The first-order chi connectivity index (χ1) is 7.91. The fraction of sp³-hybridized carbons (Fsp3) is 0.400. The molecule has 0 saturated heterocycles. The summed E-state index contributed by atoms with van der Waals surface area (Å²) in [7, 11) is 0. The van der Waals surface area contributed by atoms with Crippen LogP contribution in [0.1, 0.15) is 24.3 Å². The molecule has 0 aliphatic carbocycles. The Morgan fingerprint density at radius 2 is 1.94 bits per heavy atom. The molecular weight excluding hydrogens is 222 g/mol. The van der Waals surface area contributed by atoms with Crippen molar-refractivity contribution >= 4 is 17.6 Å². The number of nitrogens with two attached hydrogens (primary N) is 2. The summed E-state index contributed by atoms with van der Waals surface area (Å²) in [6.45, 7) is 3.56. The number of aromatic nitrogens is 2. The summed E-state index contributed by atoms with van der Waals surface area (Å²) in [5.74, 6) is -0.971. The topological polar surface area (TPSA) is 124 Å². The van der Waals surface area contributed by atoms with Gasteiger partial charge in [-0.15, -0.1) is 0 Å². The van der Waals surface area contributed by atoms with E-state index in [1.54, 1.807) is 13.8 Å². The second-order valence-electron chi connectivity index (χ2n) is 3.92. The van der Waals surface area contributed by atoms with Crippen LogP contribution < -0.4 is 16.8 Å². The van der Waals surface area contributed by atoms with Crippen LogP contribution in [-0.2, 0) is 4.79 Å². The lowest BCUT2D eigenvalue weighted by Crippen LogP contribution is -2.47. The first-order valence-corrected chi connectivity index (χ1v) is 5.09. The number of hydrogen-bond acceptors (Lipinski definition) is 5. The summed E-state index contributed by atoms with van der Waals surface area (Å²) in [6.07, 6.45) is 2.51. The Bertz CT molecular complexity index is 415. The third kappa shape index (κ3) is 3.40. The zero-order chi connectivity index (χ0) is 13.0. The van der Waals surface area contributed by atoms with E-state index in [9.17, 15) is 9.59 Å². The Kier molecular flexibility index (Phi) is 3.97. The molecule has 0 saturated carbocycles. The molecule has 7 heteroatoms. The lowest BCUT2D eigenvalue weighted by Gasteiger charge is -2.18. The summed E-state index contributed by atoms with van der Waals surface area (Å²) in [5.41, 5.74) is 10.6. The van der Waals surface area contributed by atoms with Gasteiger partial charge in [-0.2, -0.15) is 0 Å². The van der Waals surface area contributed by atoms with Crippen LogP contribution in [0.5, 0.6) is 0 Å². The molecule has 1 atom stereocenters. The fourth-order valence-electron chi connectivity index (χ4n) is 1.24. The second kappa shape index (κ2) is 5.24. The number of anilines is 1. The van der Waals surface area contributed by atoms with Crippen LogP contribution in [-0.4, -0.2) is 27.8 Å². The summed E-state index contributed by atoms with van der Waals surface area (Å²) >= 11 is 0. The number of carbonyl (C=O) groups excluding carboxylic acids is 2. The molecule has 1 aromatic rings. The van der Waals surface area contributed by atoms with Crippen molar-refractivity contribution in [2.45, 2.75) is 19.9 Å². The summed E-state index contributed by atoms with van der Waals surface area (Å²) in [4.78, 5) is 30.4. The van der Waals surface area contributed by atoms with Crippen LogP contribution in [0, 0.1) is 5.92 Å². The average Bonchev–Trinajstić information content (AvgIpc) is 2.25. The number of nitrogens with one attached hydrogen (secondary N) is 1. The van der Waals surface area contributed by atoms with Crippen LogP contribution in [0.2, 0.25) is 0 Å². The van der Waals surface area contributed by atoms with Crippen molar-refractivity contribution in [3.8, 4) is 0 Å². The molecule has 17 heavy (non-hydrogen) atoms. The van der Waals surface area contributed by atoms with Gasteiger partial charge in [0.2, 0.25) is 5.91 Å². The zero-order valence-electron chi connectivity index (χ0n) is 9.68. The molecule has 0 aromatic carbocycles. The fourth-order valence-corrected chi connectivity index (χ4v) is 1.24. The maximum absolute atomic E-state index is 11.7. The van der Waals surface area contributed by atoms with Crippen molar-refractivity contribution < 1.29 is 9.59 Å². The quantitative estimate of drug-likeness (QED) is 0.638. The van der Waals surface area contributed by atoms with E-state index in [1.807, 2.05) is 0 Å². The van der Waals surface area contributed by atoms with Crippen LogP contribution in [0.3, 0.4) is 0 Å². The molecule has 1 aromatic heterocycles. The third-order valence-corrected chi connectivity index (χ3v) is 2.16. The molecule has 0 bridgehead atoms. The molecule has 1 unspecified atom stereocenters. The molecule has 0 radical (unpaired) electrons. The van der Waals surface area contributed by atoms with Gasteiger partial charge in [-0.1, -0.05) is 13.8 Å². The molecule has 0 fully saturated rings. The maximum atomic E-state index is 11.7. The van der Waals surface area contributed by atoms with Gasteiger partial charge in [0.05, 0.1) is 12.4 Å². The summed E-state index contributed by atoms with van der Waals surface area (Å²) < 4.78 is 0. The van der Waals surface area contributed by atoms with Crippen molar-refractivity contribution in [1.82, 2.24) is 15.3 Å². The van der Waals surface area contributed by atoms with Crippen LogP contribution in [0.15, 0.2) is 12.4 Å². The van der Waals surface area contributed by atoms with Gasteiger partial charge >= 0.3 is 0 Å². The van der Waals surface area contributed by atoms with Crippen molar-refractivity contribution in [2.24, 2.45) is 11.7 Å². The van der Waals surface area contributed by atoms with Gasteiger partial charge in [0.1, 0.15) is 17.6 Å². The highest BCUT2D eigenvalue weighted by atomic mass is 16.2. The van der Waals surface area contributed by atoms with Gasteiger partial charge in [0.15, 0.2) is 0 Å². The van der Waals surface area contributed by atoms with E-state index >= 15 is 0 Å². The van der Waals surface area contributed by atoms with Crippen LogP contribution in [0.25, 0.3) is 0 Å². The molecule has 2 amide bonds. The number of primary amides is 1. The highest BCUT2D eigenvalue weighted by Gasteiger charge is 2.22. The highest BCUT2D eigenvalue weighted by molar-refractivity contribution is 5.95. The van der Waals surface area contributed by atoms with Crippen molar-refractivity contribution in [3.63, 3.8) is 0 Å². The summed E-state index contributed by atoms with van der Waals surface area (Å²) in [5, 5.41) is 2.49. The average molecular weight is 237 g/mol. The van der Waals surface area contributed by atoms with Gasteiger partial charge in [-0.05, 0) is 5.92 Å². The van der Waals surface area contributed by atoms with E-state index in [2.05, 4.69) is 15.3 Å². The molecular formula is C10H15N5O2. The van der Waals surface area contributed by atoms with Crippen LogP contribution in [0.4, 0.5) is 5.82 Å². The van der Waals surface area contributed by atoms with E-state index in [1.165, 1.54) is 12.4 Å². The van der Waals surface area contributed by atoms with Gasteiger partial charge in [-0.25, -0.2) is 9.97 Å². The first kappa shape index (κ1) is 12.9. The molecule has 1 heterocycles. The Morgan fingerprint density at radius 3 is 2.35 bits per heavy atom. The first-order valence-electron chi connectivity index (χ1n) is 5.09. The zero-order valence-corrected chi connectivity index (χ0v) is 9.68. The van der Waals surface area contributed by atoms with Crippen LogP contribution >= 0.6 is 0 Å². The van der Waals surface area contributed by atoms with Gasteiger partial charge in [0.25, 0.3) is 5.91 Å². The smallest absolute Gasteiger partial charge is 0.272 e. The molecule has 0 aliphatic heterocycles. The number of carbonyl (C=O) groups is 2. The predicted octanol–water partition coefficient (Wildman–Crippen LogP) is -0.701. The van der Waals surface area contributed by atoms with E-state index in [-0.39, 0.29) is 17.4 Å². The Hall–Kier alpha value is -2.18. The number of nitrogen functional groups attached to an aromatic ring is 1. The minimum Gasteiger partial charge on any atom is -0.382 e. The molecule has 0 spiro atoms. The van der Waals surface area contributed by atoms with E-state index in [4.69, 9.17) is 11.5 Å². The van der Waals surface area contributed by atoms with Crippen molar-refractivity contribution in [1.29, 1.82) is 0 Å². The second-order valence-corrected chi connectivity index (χ2v) is 3.92. The predicted molar refractivity (Wildman–Crippen MR) is 61.7 cm³/mol. The van der Waals surface area contributed by atoms with E-state index in [0.717, 1.165) is 0 Å². The van der Waals surface area contributed by atoms with Gasteiger partial charge < -0.3 is 16.8 Å². The Labute approximate surface area is 98.6 Å². The lowest BCUT2D eigenvalue weighted by molar-refractivity contribution is -0.120. The van der Waals surface area contributed by atoms with E-state index < -0.39 is 17.9 Å².